The summed E-state index contributed by atoms with van der Waals surface area (Å²) in [5.74, 6) is 0.0409. The Kier molecular flexibility index (Phi) is 5.19. The number of aliphatic hydroxyl groups is 1. The van der Waals surface area contributed by atoms with Crippen LogP contribution < -0.4 is 15.4 Å². The van der Waals surface area contributed by atoms with Crippen LogP contribution in [0.5, 0.6) is 5.75 Å². The highest BCUT2D eigenvalue weighted by Gasteiger charge is 2.31. The van der Waals surface area contributed by atoms with Crippen molar-refractivity contribution in [3.8, 4) is 5.75 Å². The maximum atomic E-state index is 13.1. The SMILES string of the molecule is CC(CNC(=O)N[C@@H]1c2ccccc2C[C@@H]1O)Oc1cccc(F)c1. The molecule has 3 atom stereocenters. The van der Waals surface area contributed by atoms with Gasteiger partial charge in [0.05, 0.1) is 18.7 Å². The van der Waals surface area contributed by atoms with Crippen molar-refractivity contribution in [2.75, 3.05) is 6.54 Å². The number of benzene rings is 2. The summed E-state index contributed by atoms with van der Waals surface area (Å²) in [5.41, 5.74) is 1.98. The van der Waals surface area contributed by atoms with Crippen LogP contribution >= 0.6 is 0 Å². The van der Waals surface area contributed by atoms with Crippen molar-refractivity contribution < 1.29 is 19.0 Å². The van der Waals surface area contributed by atoms with Gasteiger partial charge < -0.3 is 20.5 Å². The number of rotatable bonds is 5. The average Bonchev–Trinajstić information content (AvgIpc) is 2.89. The summed E-state index contributed by atoms with van der Waals surface area (Å²) in [6.45, 7) is 2.04. The summed E-state index contributed by atoms with van der Waals surface area (Å²) in [6.07, 6.45) is -0.433. The Labute approximate surface area is 145 Å². The van der Waals surface area contributed by atoms with Gasteiger partial charge in [-0.3, -0.25) is 0 Å². The van der Waals surface area contributed by atoms with Crippen molar-refractivity contribution in [2.24, 2.45) is 0 Å². The van der Waals surface area contributed by atoms with Gasteiger partial charge in [0.1, 0.15) is 17.7 Å². The van der Waals surface area contributed by atoms with Crippen molar-refractivity contribution in [2.45, 2.75) is 31.6 Å². The normalized spacial score (nSPS) is 19.8. The molecule has 3 N–H and O–H groups in total. The number of urea groups is 1. The molecule has 2 amide bonds. The molecular formula is C19H21FN2O3. The van der Waals surface area contributed by atoms with Crippen molar-refractivity contribution in [3.05, 3.63) is 65.5 Å². The fraction of sp³-hybridized carbons (Fsp3) is 0.316. The van der Waals surface area contributed by atoms with Crippen LogP contribution in [-0.4, -0.2) is 29.9 Å². The number of carbonyl (C=O) groups excluding carboxylic acids is 1. The van der Waals surface area contributed by atoms with Gasteiger partial charge >= 0.3 is 6.03 Å². The largest absolute Gasteiger partial charge is 0.489 e. The van der Waals surface area contributed by atoms with Gasteiger partial charge in [0, 0.05) is 12.5 Å². The Hall–Kier alpha value is -2.60. The lowest BCUT2D eigenvalue weighted by Gasteiger charge is -2.20. The third-order valence-electron chi connectivity index (χ3n) is 4.17. The van der Waals surface area contributed by atoms with Gasteiger partial charge in [-0.2, -0.15) is 0 Å². The Morgan fingerprint density at radius 2 is 2.12 bits per heavy atom. The van der Waals surface area contributed by atoms with Crippen LogP contribution in [0.25, 0.3) is 0 Å². The van der Waals surface area contributed by atoms with Crippen molar-refractivity contribution in [1.82, 2.24) is 10.6 Å². The number of hydrogen-bond donors (Lipinski definition) is 3. The zero-order chi connectivity index (χ0) is 17.8. The van der Waals surface area contributed by atoms with Crippen LogP contribution in [0.15, 0.2) is 48.5 Å². The average molecular weight is 344 g/mol. The van der Waals surface area contributed by atoms with E-state index < -0.39 is 12.1 Å². The van der Waals surface area contributed by atoms with E-state index >= 15 is 0 Å². The maximum absolute atomic E-state index is 13.1. The number of halogens is 1. The molecule has 0 radical (unpaired) electrons. The zero-order valence-electron chi connectivity index (χ0n) is 13.9. The standard InChI is InChI=1S/C19H21FN2O3/c1-12(25-15-7-4-6-14(20)10-15)11-21-19(24)22-18-16-8-3-2-5-13(16)9-17(18)23/h2-8,10,12,17-18,23H,9,11H2,1H3,(H2,21,22,24)/t12?,17-,18+/m0/s1. The first-order chi connectivity index (χ1) is 12.0. The highest BCUT2D eigenvalue weighted by Crippen LogP contribution is 2.31. The van der Waals surface area contributed by atoms with E-state index in [2.05, 4.69) is 10.6 Å². The summed E-state index contributed by atoms with van der Waals surface area (Å²) in [5, 5.41) is 15.7. The van der Waals surface area contributed by atoms with Crippen LogP contribution in [0.2, 0.25) is 0 Å². The molecule has 0 aromatic heterocycles. The number of carbonyl (C=O) groups is 1. The highest BCUT2D eigenvalue weighted by molar-refractivity contribution is 5.74. The summed E-state index contributed by atoms with van der Waals surface area (Å²) >= 11 is 0. The van der Waals surface area contributed by atoms with E-state index in [4.69, 9.17) is 4.74 Å². The molecule has 2 aromatic rings. The van der Waals surface area contributed by atoms with E-state index in [0.717, 1.165) is 11.1 Å². The third-order valence-corrected chi connectivity index (χ3v) is 4.17. The minimum absolute atomic E-state index is 0.257. The van der Waals surface area contributed by atoms with Gasteiger partial charge in [-0.05, 0) is 30.2 Å². The minimum Gasteiger partial charge on any atom is -0.489 e. The van der Waals surface area contributed by atoms with Crippen LogP contribution in [-0.2, 0) is 6.42 Å². The highest BCUT2D eigenvalue weighted by atomic mass is 19.1. The summed E-state index contributed by atoms with van der Waals surface area (Å²) in [6, 6.07) is 12.7. The molecule has 1 unspecified atom stereocenters. The monoisotopic (exact) mass is 344 g/mol. The fourth-order valence-electron chi connectivity index (χ4n) is 2.99. The molecular weight excluding hydrogens is 323 g/mol. The molecule has 6 heteroatoms. The number of amides is 2. The molecule has 25 heavy (non-hydrogen) atoms. The number of ether oxygens (including phenoxy) is 1. The predicted molar refractivity (Wildman–Crippen MR) is 91.9 cm³/mol. The molecule has 132 valence electrons. The molecule has 1 aliphatic carbocycles. The van der Waals surface area contributed by atoms with E-state index in [0.29, 0.717) is 12.2 Å². The second kappa shape index (κ2) is 7.53. The fourth-order valence-corrected chi connectivity index (χ4v) is 2.99. The number of hydrogen-bond acceptors (Lipinski definition) is 3. The van der Waals surface area contributed by atoms with Crippen LogP contribution in [0, 0.1) is 5.82 Å². The second-order valence-electron chi connectivity index (χ2n) is 6.19. The summed E-state index contributed by atoms with van der Waals surface area (Å²) in [4.78, 5) is 12.1. The van der Waals surface area contributed by atoms with Gasteiger partial charge in [-0.1, -0.05) is 30.3 Å². The van der Waals surface area contributed by atoms with E-state index in [1.165, 1.54) is 12.1 Å². The van der Waals surface area contributed by atoms with Gasteiger partial charge in [0.15, 0.2) is 0 Å². The topological polar surface area (TPSA) is 70.6 Å². The molecule has 1 aliphatic rings. The van der Waals surface area contributed by atoms with Gasteiger partial charge in [0.25, 0.3) is 0 Å². The Morgan fingerprint density at radius 3 is 2.92 bits per heavy atom. The molecule has 3 rings (SSSR count). The smallest absolute Gasteiger partial charge is 0.315 e. The first kappa shape index (κ1) is 17.2. The Bertz CT molecular complexity index is 753. The van der Waals surface area contributed by atoms with Gasteiger partial charge in [-0.15, -0.1) is 0 Å². The van der Waals surface area contributed by atoms with Crippen molar-refractivity contribution in [3.63, 3.8) is 0 Å². The summed E-state index contributed by atoms with van der Waals surface area (Å²) < 4.78 is 18.7. The predicted octanol–water partition coefficient (Wildman–Crippen LogP) is 2.55. The molecule has 0 aliphatic heterocycles. The second-order valence-corrected chi connectivity index (χ2v) is 6.19. The van der Waals surface area contributed by atoms with Crippen LogP contribution in [0.4, 0.5) is 9.18 Å². The molecule has 2 aromatic carbocycles. The number of fused-ring (bicyclic) bond motifs is 1. The lowest BCUT2D eigenvalue weighted by atomic mass is 10.1. The molecule has 0 bridgehead atoms. The lowest BCUT2D eigenvalue weighted by Crippen LogP contribution is -2.43. The van der Waals surface area contributed by atoms with E-state index in [1.54, 1.807) is 19.1 Å². The van der Waals surface area contributed by atoms with Gasteiger partial charge in [0.2, 0.25) is 0 Å². The Balaban J connectivity index is 1.50. The van der Waals surface area contributed by atoms with E-state index in [1.807, 2.05) is 24.3 Å². The Morgan fingerprint density at radius 1 is 1.32 bits per heavy atom. The molecule has 0 heterocycles. The van der Waals surface area contributed by atoms with Crippen LogP contribution in [0.1, 0.15) is 24.1 Å². The minimum atomic E-state index is -0.635. The molecule has 0 fully saturated rings. The maximum Gasteiger partial charge on any atom is 0.315 e. The lowest BCUT2D eigenvalue weighted by molar-refractivity contribution is 0.141. The van der Waals surface area contributed by atoms with E-state index in [-0.39, 0.29) is 24.5 Å². The molecule has 0 saturated heterocycles. The first-order valence-electron chi connectivity index (χ1n) is 8.25. The summed E-state index contributed by atoms with van der Waals surface area (Å²) in [7, 11) is 0. The number of nitrogens with one attached hydrogen (secondary N) is 2. The van der Waals surface area contributed by atoms with Crippen LogP contribution in [0.3, 0.4) is 0 Å². The zero-order valence-corrected chi connectivity index (χ0v) is 13.9. The van der Waals surface area contributed by atoms with E-state index in [9.17, 15) is 14.3 Å². The third kappa shape index (κ3) is 4.28. The van der Waals surface area contributed by atoms with Gasteiger partial charge in [-0.25, -0.2) is 9.18 Å². The molecule has 5 nitrogen and oxygen atoms in total. The van der Waals surface area contributed by atoms with Crippen molar-refractivity contribution in [1.29, 1.82) is 0 Å². The molecule has 0 saturated carbocycles. The first-order valence-corrected chi connectivity index (χ1v) is 8.25. The van der Waals surface area contributed by atoms with Crippen molar-refractivity contribution >= 4 is 6.03 Å². The molecule has 0 spiro atoms. The number of aliphatic hydroxyl groups excluding tert-OH is 1. The quantitative estimate of drug-likeness (QED) is 0.781.